The molecule has 0 bridgehead atoms. The Labute approximate surface area is 131 Å². The standard InChI is InChI=1S/C22H16/c1-4-11-19(12-5-1)13-10-18-22(20-14-6-2-7-15-20)21-16-8-3-9-17-21/h1-9,11-12,14-18H. The molecule has 0 unspecified atom stereocenters. The van der Waals surface area contributed by atoms with Gasteiger partial charge in [-0.2, -0.15) is 0 Å². The normalized spacial score (nSPS) is 9.45. The van der Waals surface area contributed by atoms with Gasteiger partial charge in [0.15, 0.2) is 0 Å². The van der Waals surface area contributed by atoms with Crippen molar-refractivity contribution >= 4 is 5.57 Å². The van der Waals surface area contributed by atoms with Crippen LogP contribution in [-0.2, 0) is 0 Å². The second-order valence-corrected chi connectivity index (χ2v) is 4.93. The van der Waals surface area contributed by atoms with Crippen LogP contribution in [0.2, 0.25) is 0 Å². The van der Waals surface area contributed by atoms with Gasteiger partial charge in [-0.15, -0.1) is 0 Å². The molecule has 0 heteroatoms. The third-order valence-electron chi connectivity index (χ3n) is 3.38. The van der Waals surface area contributed by atoms with E-state index < -0.39 is 0 Å². The average Bonchev–Trinajstić information content (AvgIpc) is 2.61. The molecule has 0 aromatic heterocycles. The highest BCUT2D eigenvalue weighted by Crippen LogP contribution is 2.22. The molecule has 3 aromatic carbocycles. The van der Waals surface area contributed by atoms with Gasteiger partial charge in [0.05, 0.1) is 0 Å². The van der Waals surface area contributed by atoms with Gasteiger partial charge < -0.3 is 0 Å². The molecule has 0 spiro atoms. The first-order valence-electron chi connectivity index (χ1n) is 7.31. The van der Waals surface area contributed by atoms with Crippen LogP contribution in [0.1, 0.15) is 16.7 Å². The largest absolute Gasteiger partial charge is 0.0689 e. The SMILES string of the molecule is C(#Cc1ccccc1)C=C(c1ccccc1)c1ccccc1. The minimum Gasteiger partial charge on any atom is -0.0689 e. The van der Waals surface area contributed by atoms with Crippen LogP contribution in [0.3, 0.4) is 0 Å². The molecule has 104 valence electrons. The highest BCUT2D eigenvalue weighted by atomic mass is 14.1. The van der Waals surface area contributed by atoms with Crippen LogP contribution in [-0.4, -0.2) is 0 Å². The molecule has 0 fully saturated rings. The highest BCUT2D eigenvalue weighted by Gasteiger charge is 2.02. The molecule has 0 saturated heterocycles. The Morgan fingerprint density at radius 2 is 1.05 bits per heavy atom. The fourth-order valence-corrected chi connectivity index (χ4v) is 2.28. The van der Waals surface area contributed by atoms with Crippen molar-refractivity contribution in [3.8, 4) is 11.8 Å². The fraction of sp³-hybridized carbons (Fsp3) is 0. The van der Waals surface area contributed by atoms with Gasteiger partial charge in [0.25, 0.3) is 0 Å². The zero-order valence-electron chi connectivity index (χ0n) is 12.2. The summed E-state index contributed by atoms with van der Waals surface area (Å²) in [6, 6.07) is 30.8. The first kappa shape index (κ1) is 13.9. The van der Waals surface area contributed by atoms with E-state index in [0.717, 1.165) is 11.1 Å². The van der Waals surface area contributed by atoms with E-state index in [4.69, 9.17) is 0 Å². The summed E-state index contributed by atoms with van der Waals surface area (Å²) in [7, 11) is 0. The summed E-state index contributed by atoms with van der Waals surface area (Å²) in [5.41, 5.74) is 4.52. The molecule has 0 saturated carbocycles. The maximum absolute atomic E-state index is 3.19. The lowest BCUT2D eigenvalue weighted by Crippen LogP contribution is -1.86. The molecule has 0 radical (unpaired) electrons. The van der Waals surface area contributed by atoms with Gasteiger partial charge in [-0.1, -0.05) is 90.7 Å². The molecule has 3 aromatic rings. The van der Waals surface area contributed by atoms with E-state index >= 15 is 0 Å². The highest BCUT2D eigenvalue weighted by molar-refractivity contribution is 5.81. The lowest BCUT2D eigenvalue weighted by atomic mass is 9.98. The lowest BCUT2D eigenvalue weighted by Gasteiger charge is -2.06. The monoisotopic (exact) mass is 280 g/mol. The number of hydrogen-bond donors (Lipinski definition) is 0. The van der Waals surface area contributed by atoms with Gasteiger partial charge in [0.2, 0.25) is 0 Å². The lowest BCUT2D eigenvalue weighted by molar-refractivity contribution is 1.55. The van der Waals surface area contributed by atoms with Crippen LogP contribution in [0.4, 0.5) is 0 Å². The van der Waals surface area contributed by atoms with E-state index in [-0.39, 0.29) is 0 Å². The summed E-state index contributed by atoms with van der Waals surface area (Å²) in [6.07, 6.45) is 2.00. The van der Waals surface area contributed by atoms with Gasteiger partial charge in [0.1, 0.15) is 0 Å². The predicted molar refractivity (Wildman–Crippen MR) is 93.3 cm³/mol. The predicted octanol–water partition coefficient (Wildman–Crippen LogP) is 5.17. The van der Waals surface area contributed by atoms with Crippen molar-refractivity contribution in [2.75, 3.05) is 0 Å². The van der Waals surface area contributed by atoms with Crippen molar-refractivity contribution in [1.29, 1.82) is 0 Å². The molecular formula is C22H16. The van der Waals surface area contributed by atoms with Crippen LogP contribution >= 0.6 is 0 Å². The molecular weight excluding hydrogens is 264 g/mol. The van der Waals surface area contributed by atoms with E-state index in [1.165, 1.54) is 11.1 Å². The summed E-state index contributed by atoms with van der Waals surface area (Å²) in [5.74, 6) is 6.37. The molecule has 0 aliphatic carbocycles. The zero-order valence-corrected chi connectivity index (χ0v) is 12.2. The van der Waals surface area contributed by atoms with Crippen molar-refractivity contribution in [1.82, 2.24) is 0 Å². The van der Waals surface area contributed by atoms with Crippen LogP contribution in [0.5, 0.6) is 0 Å². The first-order chi connectivity index (χ1) is 10.9. The maximum atomic E-state index is 3.19. The van der Waals surface area contributed by atoms with Gasteiger partial charge in [0, 0.05) is 5.56 Å². The number of rotatable bonds is 2. The Bertz CT molecular complexity index is 760. The quantitative estimate of drug-likeness (QED) is 0.568. The molecule has 0 nitrogen and oxygen atoms in total. The smallest absolute Gasteiger partial charge is 0.0248 e. The molecule has 22 heavy (non-hydrogen) atoms. The van der Waals surface area contributed by atoms with E-state index in [0.29, 0.717) is 0 Å². The van der Waals surface area contributed by atoms with E-state index in [1.54, 1.807) is 0 Å². The third-order valence-corrected chi connectivity index (χ3v) is 3.38. The Morgan fingerprint density at radius 3 is 1.55 bits per heavy atom. The van der Waals surface area contributed by atoms with Crippen molar-refractivity contribution in [2.45, 2.75) is 0 Å². The van der Waals surface area contributed by atoms with Crippen molar-refractivity contribution in [3.63, 3.8) is 0 Å². The van der Waals surface area contributed by atoms with E-state index in [1.807, 2.05) is 48.5 Å². The molecule has 0 aliphatic rings. The second kappa shape index (κ2) is 7.11. The first-order valence-corrected chi connectivity index (χ1v) is 7.31. The summed E-state index contributed by atoms with van der Waals surface area (Å²) in [4.78, 5) is 0. The van der Waals surface area contributed by atoms with Crippen molar-refractivity contribution in [2.24, 2.45) is 0 Å². The van der Waals surface area contributed by atoms with Crippen LogP contribution in [0.15, 0.2) is 97.1 Å². The van der Waals surface area contributed by atoms with Crippen LogP contribution in [0, 0.1) is 11.8 Å². The third kappa shape index (κ3) is 3.53. The van der Waals surface area contributed by atoms with Gasteiger partial charge >= 0.3 is 0 Å². The molecule has 0 heterocycles. The summed E-state index contributed by atoms with van der Waals surface area (Å²) in [5, 5.41) is 0. The van der Waals surface area contributed by atoms with Crippen molar-refractivity contribution in [3.05, 3.63) is 114 Å². The van der Waals surface area contributed by atoms with Gasteiger partial charge in [-0.05, 0) is 34.9 Å². The van der Waals surface area contributed by atoms with Crippen LogP contribution < -0.4 is 0 Å². The Morgan fingerprint density at radius 1 is 0.591 bits per heavy atom. The molecule has 0 amide bonds. The molecule has 0 aliphatic heterocycles. The Balaban J connectivity index is 2.00. The number of allylic oxidation sites excluding steroid dienone is 1. The average molecular weight is 280 g/mol. The molecule has 0 atom stereocenters. The summed E-state index contributed by atoms with van der Waals surface area (Å²) in [6.45, 7) is 0. The zero-order chi connectivity index (χ0) is 15.0. The second-order valence-electron chi connectivity index (χ2n) is 4.93. The molecule has 3 rings (SSSR count). The minimum absolute atomic E-state index is 1.03. The van der Waals surface area contributed by atoms with Gasteiger partial charge in [-0.25, -0.2) is 0 Å². The van der Waals surface area contributed by atoms with Gasteiger partial charge in [-0.3, -0.25) is 0 Å². The number of benzene rings is 3. The molecule has 0 N–H and O–H groups in total. The van der Waals surface area contributed by atoms with Crippen molar-refractivity contribution < 1.29 is 0 Å². The fourth-order valence-electron chi connectivity index (χ4n) is 2.28. The van der Waals surface area contributed by atoms with E-state index in [9.17, 15) is 0 Å². The Hall–Kier alpha value is -3.04. The summed E-state index contributed by atoms with van der Waals surface area (Å²) >= 11 is 0. The minimum atomic E-state index is 1.03. The topological polar surface area (TPSA) is 0 Å². The summed E-state index contributed by atoms with van der Waals surface area (Å²) < 4.78 is 0. The Kier molecular flexibility index (Phi) is 4.50. The van der Waals surface area contributed by atoms with Crippen LogP contribution in [0.25, 0.3) is 5.57 Å². The number of hydrogen-bond acceptors (Lipinski definition) is 0. The maximum Gasteiger partial charge on any atom is 0.0248 e. The van der Waals surface area contributed by atoms with E-state index in [2.05, 4.69) is 60.4 Å².